The SMILES string of the molecule is COc1nc(C(C)C)c(O/C(C#N)=C/Nc2ccccc2)nc1C. The molecule has 124 valence electrons. The van der Waals surface area contributed by atoms with E-state index >= 15 is 0 Å². The van der Waals surface area contributed by atoms with Gasteiger partial charge in [0.25, 0.3) is 0 Å². The van der Waals surface area contributed by atoms with E-state index in [9.17, 15) is 5.26 Å². The molecule has 2 rings (SSSR count). The quantitative estimate of drug-likeness (QED) is 0.643. The Morgan fingerprint density at radius 3 is 2.50 bits per heavy atom. The van der Waals surface area contributed by atoms with Crippen molar-refractivity contribution >= 4 is 5.69 Å². The molecule has 1 heterocycles. The maximum Gasteiger partial charge on any atom is 0.242 e. The molecule has 6 nitrogen and oxygen atoms in total. The number of aryl methyl sites for hydroxylation is 1. The maximum atomic E-state index is 9.31. The molecule has 1 N–H and O–H groups in total. The third-order valence-electron chi connectivity index (χ3n) is 3.22. The zero-order valence-electron chi connectivity index (χ0n) is 14.2. The minimum atomic E-state index is 0.0732. The first-order valence-corrected chi connectivity index (χ1v) is 7.57. The molecule has 6 heteroatoms. The van der Waals surface area contributed by atoms with Gasteiger partial charge in [0, 0.05) is 11.6 Å². The number of anilines is 1. The summed E-state index contributed by atoms with van der Waals surface area (Å²) in [6, 6.07) is 11.5. The summed E-state index contributed by atoms with van der Waals surface area (Å²) in [4.78, 5) is 8.81. The van der Waals surface area contributed by atoms with Crippen LogP contribution in [-0.4, -0.2) is 17.1 Å². The lowest BCUT2D eigenvalue weighted by molar-refractivity contribution is 0.373. The van der Waals surface area contributed by atoms with Gasteiger partial charge in [0.2, 0.25) is 17.5 Å². The van der Waals surface area contributed by atoms with Gasteiger partial charge in [-0.2, -0.15) is 5.26 Å². The van der Waals surface area contributed by atoms with Crippen molar-refractivity contribution in [2.75, 3.05) is 12.4 Å². The molecule has 0 saturated heterocycles. The number of aromatic nitrogens is 2. The van der Waals surface area contributed by atoms with Crippen molar-refractivity contribution in [1.29, 1.82) is 5.26 Å². The van der Waals surface area contributed by atoms with Gasteiger partial charge in [-0.05, 0) is 19.1 Å². The van der Waals surface area contributed by atoms with E-state index in [-0.39, 0.29) is 11.7 Å². The monoisotopic (exact) mass is 324 g/mol. The second-order valence-electron chi connectivity index (χ2n) is 5.40. The summed E-state index contributed by atoms with van der Waals surface area (Å²) < 4.78 is 10.9. The van der Waals surface area contributed by atoms with Crippen molar-refractivity contribution in [2.45, 2.75) is 26.7 Å². The molecule has 2 aromatic rings. The fourth-order valence-corrected chi connectivity index (χ4v) is 2.01. The Labute approximate surface area is 141 Å². The topological polar surface area (TPSA) is 80.1 Å². The van der Waals surface area contributed by atoms with Crippen LogP contribution in [0.15, 0.2) is 42.3 Å². The Balaban J connectivity index is 2.27. The van der Waals surface area contributed by atoms with E-state index < -0.39 is 0 Å². The zero-order valence-corrected chi connectivity index (χ0v) is 14.2. The summed E-state index contributed by atoms with van der Waals surface area (Å²) in [5.41, 5.74) is 2.10. The van der Waals surface area contributed by atoms with Gasteiger partial charge in [0.1, 0.15) is 17.5 Å². The fraction of sp³-hybridized carbons (Fsp3) is 0.278. The second-order valence-corrected chi connectivity index (χ2v) is 5.40. The lowest BCUT2D eigenvalue weighted by Gasteiger charge is -2.14. The van der Waals surface area contributed by atoms with Crippen molar-refractivity contribution in [3.63, 3.8) is 0 Å². The normalized spacial score (nSPS) is 11.1. The van der Waals surface area contributed by atoms with Crippen LogP contribution in [0.4, 0.5) is 5.69 Å². The molecule has 0 spiro atoms. The van der Waals surface area contributed by atoms with Crippen molar-refractivity contribution in [3.05, 3.63) is 53.7 Å². The molecule has 0 aliphatic heterocycles. The van der Waals surface area contributed by atoms with Gasteiger partial charge in [0.15, 0.2) is 0 Å². The maximum absolute atomic E-state index is 9.31. The molecule has 0 saturated carbocycles. The van der Waals surface area contributed by atoms with Crippen molar-refractivity contribution in [2.24, 2.45) is 0 Å². The Morgan fingerprint density at radius 1 is 1.21 bits per heavy atom. The highest BCUT2D eigenvalue weighted by atomic mass is 16.5. The van der Waals surface area contributed by atoms with E-state index in [1.54, 1.807) is 14.0 Å². The molecule has 1 aromatic heterocycles. The third kappa shape index (κ3) is 4.23. The van der Waals surface area contributed by atoms with Crippen LogP contribution in [0, 0.1) is 18.3 Å². The van der Waals surface area contributed by atoms with Gasteiger partial charge >= 0.3 is 0 Å². The highest BCUT2D eigenvalue weighted by Gasteiger charge is 2.17. The van der Waals surface area contributed by atoms with E-state index in [1.165, 1.54) is 6.20 Å². The number of ether oxygens (including phenoxy) is 2. The van der Waals surface area contributed by atoms with Gasteiger partial charge in [-0.1, -0.05) is 32.0 Å². The van der Waals surface area contributed by atoms with Crippen LogP contribution in [0.25, 0.3) is 0 Å². The molecule has 1 aromatic carbocycles. The number of rotatable bonds is 6. The van der Waals surface area contributed by atoms with Gasteiger partial charge in [-0.15, -0.1) is 0 Å². The van der Waals surface area contributed by atoms with E-state index in [2.05, 4.69) is 15.3 Å². The first-order chi connectivity index (χ1) is 11.5. The summed E-state index contributed by atoms with van der Waals surface area (Å²) >= 11 is 0. The zero-order chi connectivity index (χ0) is 17.5. The van der Waals surface area contributed by atoms with Crippen LogP contribution in [0.5, 0.6) is 11.8 Å². The molecule has 0 bridgehead atoms. The smallest absolute Gasteiger partial charge is 0.242 e. The third-order valence-corrected chi connectivity index (χ3v) is 3.22. The molecule has 0 amide bonds. The van der Waals surface area contributed by atoms with Gasteiger partial charge in [0.05, 0.1) is 13.3 Å². The lowest BCUT2D eigenvalue weighted by atomic mass is 10.1. The molecule has 0 aliphatic carbocycles. The molecule has 24 heavy (non-hydrogen) atoms. The number of allylic oxidation sites excluding steroid dienone is 1. The number of hydrogen-bond donors (Lipinski definition) is 1. The Hall–Kier alpha value is -3.07. The first-order valence-electron chi connectivity index (χ1n) is 7.57. The number of benzene rings is 1. The standard InChI is InChI=1S/C18H20N4O2/c1-12(2)16-18(21-13(3)17(22-16)23-4)24-15(10-19)11-20-14-8-6-5-7-9-14/h5-9,11-12,20H,1-4H3/b15-11+. The summed E-state index contributed by atoms with van der Waals surface area (Å²) in [7, 11) is 1.55. The predicted molar refractivity (Wildman–Crippen MR) is 91.8 cm³/mol. The van der Waals surface area contributed by atoms with E-state index in [0.717, 1.165) is 5.69 Å². The van der Waals surface area contributed by atoms with Crippen LogP contribution in [-0.2, 0) is 0 Å². The number of hydrogen-bond acceptors (Lipinski definition) is 6. The Morgan fingerprint density at radius 2 is 1.92 bits per heavy atom. The van der Waals surface area contributed by atoms with E-state index in [4.69, 9.17) is 9.47 Å². The second kappa shape index (κ2) is 7.97. The molecule has 0 atom stereocenters. The van der Waals surface area contributed by atoms with Gasteiger partial charge in [-0.3, -0.25) is 0 Å². The minimum Gasteiger partial charge on any atom is -0.480 e. The predicted octanol–water partition coefficient (Wildman–Crippen LogP) is 3.77. The van der Waals surface area contributed by atoms with Crippen LogP contribution in [0.3, 0.4) is 0 Å². The molecule has 0 unspecified atom stereocenters. The largest absolute Gasteiger partial charge is 0.480 e. The average molecular weight is 324 g/mol. The Kier molecular flexibility index (Phi) is 5.74. The van der Waals surface area contributed by atoms with E-state index in [0.29, 0.717) is 23.1 Å². The molecular formula is C18H20N4O2. The lowest BCUT2D eigenvalue weighted by Crippen LogP contribution is -2.07. The van der Waals surface area contributed by atoms with Crippen molar-refractivity contribution in [1.82, 2.24) is 9.97 Å². The van der Waals surface area contributed by atoms with Crippen LogP contribution in [0.2, 0.25) is 0 Å². The number of methoxy groups -OCH3 is 1. The highest BCUT2D eigenvalue weighted by Crippen LogP contribution is 2.28. The number of para-hydroxylation sites is 1. The molecule has 0 fully saturated rings. The van der Waals surface area contributed by atoms with Crippen LogP contribution < -0.4 is 14.8 Å². The minimum absolute atomic E-state index is 0.0732. The van der Waals surface area contributed by atoms with Gasteiger partial charge < -0.3 is 14.8 Å². The van der Waals surface area contributed by atoms with Crippen molar-refractivity contribution in [3.8, 4) is 17.8 Å². The summed E-state index contributed by atoms with van der Waals surface area (Å²) in [5, 5.41) is 12.3. The van der Waals surface area contributed by atoms with Crippen LogP contribution >= 0.6 is 0 Å². The van der Waals surface area contributed by atoms with Crippen molar-refractivity contribution < 1.29 is 9.47 Å². The highest BCUT2D eigenvalue weighted by molar-refractivity contribution is 5.46. The summed E-state index contributed by atoms with van der Waals surface area (Å²) in [5.74, 6) is 0.936. The number of nitrogens with zero attached hydrogens (tertiary/aromatic N) is 3. The molecule has 0 radical (unpaired) electrons. The van der Waals surface area contributed by atoms with Gasteiger partial charge in [-0.25, -0.2) is 9.97 Å². The molecular weight excluding hydrogens is 304 g/mol. The summed E-state index contributed by atoms with van der Waals surface area (Å²) in [6.07, 6.45) is 1.50. The first kappa shape index (κ1) is 17.3. The van der Waals surface area contributed by atoms with Crippen LogP contribution in [0.1, 0.15) is 31.2 Å². The molecule has 0 aliphatic rings. The fourth-order valence-electron chi connectivity index (χ4n) is 2.01. The number of nitriles is 1. The Bertz CT molecular complexity index is 765. The average Bonchev–Trinajstić information content (AvgIpc) is 2.59. The number of nitrogens with one attached hydrogen (secondary N) is 1. The summed E-state index contributed by atoms with van der Waals surface area (Å²) in [6.45, 7) is 5.73. The van der Waals surface area contributed by atoms with E-state index in [1.807, 2.05) is 50.2 Å².